The van der Waals surface area contributed by atoms with Crippen LogP contribution in [-0.4, -0.2) is 64.2 Å². The van der Waals surface area contributed by atoms with Crippen molar-refractivity contribution in [3.63, 3.8) is 0 Å². The van der Waals surface area contributed by atoms with Gasteiger partial charge in [0.2, 0.25) is 21.8 Å². The summed E-state index contributed by atoms with van der Waals surface area (Å²) in [6.45, 7) is 5.25. The lowest BCUT2D eigenvalue weighted by atomic mass is 10.1. The zero-order valence-electron chi connectivity index (χ0n) is 22.2. The van der Waals surface area contributed by atoms with Gasteiger partial charge in [-0.25, -0.2) is 8.42 Å². The number of hydrogen-bond acceptors (Lipinski definition) is 6. The molecule has 9 nitrogen and oxygen atoms in total. The zero-order valence-corrected chi connectivity index (χ0v) is 23.7. The van der Waals surface area contributed by atoms with E-state index < -0.39 is 28.5 Å². The summed E-state index contributed by atoms with van der Waals surface area (Å²) in [6, 6.07) is 10.7. The van der Waals surface area contributed by atoms with Crippen molar-refractivity contribution in [1.29, 1.82) is 0 Å². The van der Waals surface area contributed by atoms with Gasteiger partial charge in [0.1, 0.15) is 24.1 Å². The van der Waals surface area contributed by atoms with Crippen LogP contribution in [0.15, 0.2) is 42.5 Å². The molecular weight excluding hydrogens is 518 g/mol. The predicted molar refractivity (Wildman–Crippen MR) is 146 cm³/mol. The van der Waals surface area contributed by atoms with Gasteiger partial charge in [-0.05, 0) is 55.7 Å². The molecule has 0 bridgehead atoms. The molecule has 2 amide bonds. The van der Waals surface area contributed by atoms with Crippen LogP contribution in [0.5, 0.6) is 11.5 Å². The van der Waals surface area contributed by atoms with Crippen molar-refractivity contribution >= 4 is 39.1 Å². The van der Waals surface area contributed by atoms with E-state index in [1.165, 1.54) is 30.2 Å². The molecule has 2 rings (SSSR count). The van der Waals surface area contributed by atoms with E-state index in [4.69, 9.17) is 21.1 Å². The van der Waals surface area contributed by atoms with Gasteiger partial charge in [0.25, 0.3) is 0 Å². The first-order chi connectivity index (χ1) is 17.4. The van der Waals surface area contributed by atoms with Crippen molar-refractivity contribution in [2.24, 2.45) is 0 Å². The zero-order chi connectivity index (χ0) is 27.8. The first-order valence-electron chi connectivity index (χ1n) is 12.0. The van der Waals surface area contributed by atoms with Crippen molar-refractivity contribution in [2.75, 3.05) is 31.3 Å². The van der Waals surface area contributed by atoms with Crippen molar-refractivity contribution in [1.82, 2.24) is 10.2 Å². The molecule has 2 unspecified atom stereocenters. The average Bonchev–Trinajstić information content (AvgIpc) is 2.86. The molecule has 11 heteroatoms. The van der Waals surface area contributed by atoms with E-state index in [1.54, 1.807) is 31.4 Å². The monoisotopic (exact) mass is 553 g/mol. The smallest absolute Gasteiger partial charge is 0.244 e. The second-order valence-corrected chi connectivity index (χ2v) is 11.0. The van der Waals surface area contributed by atoms with E-state index in [-0.39, 0.29) is 29.2 Å². The largest absolute Gasteiger partial charge is 0.497 e. The van der Waals surface area contributed by atoms with Gasteiger partial charge in [0, 0.05) is 12.6 Å². The average molecular weight is 554 g/mol. The maximum atomic E-state index is 13.7. The lowest BCUT2D eigenvalue weighted by molar-refractivity contribution is -0.140. The van der Waals surface area contributed by atoms with E-state index in [0.29, 0.717) is 17.9 Å². The number of carbonyl (C=O) groups excluding carboxylic acids is 2. The summed E-state index contributed by atoms with van der Waals surface area (Å²) in [6.07, 6.45) is 2.09. The van der Waals surface area contributed by atoms with Gasteiger partial charge in [-0.2, -0.15) is 0 Å². The number of nitrogens with one attached hydrogen (secondary N) is 1. The molecule has 0 saturated carbocycles. The topological polar surface area (TPSA) is 105 Å². The highest BCUT2D eigenvalue weighted by molar-refractivity contribution is 7.92. The van der Waals surface area contributed by atoms with Crippen LogP contribution in [0.1, 0.15) is 39.2 Å². The van der Waals surface area contributed by atoms with Crippen LogP contribution in [0.25, 0.3) is 0 Å². The third-order valence-electron chi connectivity index (χ3n) is 6.00. The standard InChI is InChI=1S/C26H36ClN3O6S/c1-7-18(3)28-26(32)23(8-2)29(16-19-9-12-21(35-4)13-10-19)25(31)17-30(37(6,33)34)20-11-14-24(36-5)22(27)15-20/h9-15,18,23H,7-8,16-17H2,1-6H3,(H,28,32). The van der Waals surface area contributed by atoms with Crippen LogP contribution >= 0.6 is 11.6 Å². The number of hydrogen-bond donors (Lipinski definition) is 1. The Balaban J connectivity index is 2.46. The molecule has 37 heavy (non-hydrogen) atoms. The van der Waals surface area contributed by atoms with Crippen molar-refractivity contribution in [3.8, 4) is 11.5 Å². The Morgan fingerprint density at radius 2 is 1.68 bits per heavy atom. The van der Waals surface area contributed by atoms with E-state index in [2.05, 4.69) is 5.32 Å². The maximum absolute atomic E-state index is 13.7. The van der Waals surface area contributed by atoms with Crippen molar-refractivity contribution < 1.29 is 27.5 Å². The van der Waals surface area contributed by atoms with E-state index in [9.17, 15) is 18.0 Å². The SMILES string of the molecule is CCC(C)NC(=O)C(CC)N(Cc1ccc(OC)cc1)C(=O)CN(c1ccc(OC)c(Cl)c1)S(C)(=O)=O. The maximum Gasteiger partial charge on any atom is 0.244 e. The molecule has 0 aliphatic rings. The summed E-state index contributed by atoms with van der Waals surface area (Å²) < 4.78 is 36.8. The predicted octanol–water partition coefficient (Wildman–Crippen LogP) is 3.85. The number of halogens is 1. The van der Waals surface area contributed by atoms with Crippen molar-refractivity contribution in [2.45, 2.75) is 52.2 Å². The van der Waals surface area contributed by atoms with Gasteiger partial charge in [-0.1, -0.05) is 37.6 Å². The van der Waals surface area contributed by atoms with Crippen LogP contribution in [0.3, 0.4) is 0 Å². The molecule has 2 aromatic rings. The highest BCUT2D eigenvalue weighted by Crippen LogP contribution is 2.30. The molecule has 0 aliphatic carbocycles. The summed E-state index contributed by atoms with van der Waals surface area (Å²) in [7, 11) is -0.864. The summed E-state index contributed by atoms with van der Waals surface area (Å²) in [5.74, 6) is 0.207. The third kappa shape index (κ3) is 8.26. The van der Waals surface area contributed by atoms with Crippen molar-refractivity contribution in [3.05, 3.63) is 53.1 Å². The quantitative estimate of drug-likeness (QED) is 0.404. The lowest BCUT2D eigenvalue weighted by Gasteiger charge is -2.33. The number of amides is 2. The number of ether oxygens (including phenoxy) is 2. The Kier molecular flexibility index (Phi) is 11.1. The molecule has 0 aromatic heterocycles. The minimum atomic E-state index is -3.87. The fourth-order valence-corrected chi connectivity index (χ4v) is 4.81. The van der Waals surface area contributed by atoms with Gasteiger partial charge >= 0.3 is 0 Å². The van der Waals surface area contributed by atoms with E-state index in [1.807, 2.05) is 20.8 Å². The Hall–Kier alpha value is -2.98. The fourth-order valence-electron chi connectivity index (χ4n) is 3.71. The van der Waals surface area contributed by atoms with Gasteiger partial charge in [-0.15, -0.1) is 0 Å². The van der Waals surface area contributed by atoms with Crippen LogP contribution < -0.4 is 19.1 Å². The van der Waals surface area contributed by atoms with Gasteiger partial charge in [-0.3, -0.25) is 13.9 Å². The normalized spacial score (nSPS) is 12.8. The Morgan fingerprint density at radius 3 is 2.16 bits per heavy atom. The van der Waals surface area contributed by atoms with Gasteiger partial charge in [0.05, 0.1) is 31.2 Å². The molecular formula is C26H36ClN3O6S. The molecule has 0 radical (unpaired) electrons. The summed E-state index contributed by atoms with van der Waals surface area (Å²) in [5.41, 5.74) is 0.977. The number of rotatable bonds is 13. The molecule has 204 valence electrons. The molecule has 0 spiro atoms. The van der Waals surface area contributed by atoms with E-state index >= 15 is 0 Å². The molecule has 2 aromatic carbocycles. The molecule has 0 saturated heterocycles. The molecule has 0 aliphatic heterocycles. The minimum Gasteiger partial charge on any atom is -0.497 e. The van der Waals surface area contributed by atoms with Crippen LogP contribution in [0.4, 0.5) is 5.69 Å². The van der Waals surface area contributed by atoms with Crippen LogP contribution in [0, 0.1) is 0 Å². The Morgan fingerprint density at radius 1 is 1.03 bits per heavy atom. The first kappa shape index (κ1) is 30.2. The third-order valence-corrected chi connectivity index (χ3v) is 7.44. The van der Waals surface area contributed by atoms with Crippen LogP contribution in [0.2, 0.25) is 5.02 Å². The molecule has 0 fully saturated rings. The summed E-state index contributed by atoms with van der Waals surface area (Å²) >= 11 is 6.23. The number of anilines is 1. The molecule has 1 N–H and O–H groups in total. The summed E-state index contributed by atoms with van der Waals surface area (Å²) in [5, 5.41) is 3.14. The number of carbonyl (C=O) groups is 2. The lowest BCUT2D eigenvalue weighted by Crippen LogP contribution is -2.53. The number of nitrogens with zero attached hydrogens (tertiary/aromatic N) is 2. The van der Waals surface area contributed by atoms with Gasteiger partial charge in [0.15, 0.2) is 0 Å². The second kappa shape index (κ2) is 13.5. The molecule has 0 heterocycles. The molecule has 2 atom stereocenters. The number of methoxy groups -OCH3 is 2. The minimum absolute atomic E-state index is 0.0755. The Labute approximate surface area is 224 Å². The fraction of sp³-hybridized carbons (Fsp3) is 0.462. The highest BCUT2D eigenvalue weighted by Gasteiger charge is 2.32. The van der Waals surface area contributed by atoms with E-state index in [0.717, 1.165) is 22.5 Å². The number of benzene rings is 2. The second-order valence-electron chi connectivity index (χ2n) is 8.70. The Bertz CT molecular complexity index is 1170. The first-order valence-corrected chi connectivity index (χ1v) is 14.2. The van der Waals surface area contributed by atoms with Gasteiger partial charge < -0.3 is 19.7 Å². The highest BCUT2D eigenvalue weighted by atomic mass is 35.5. The summed E-state index contributed by atoms with van der Waals surface area (Å²) in [4.78, 5) is 28.3. The van der Waals surface area contributed by atoms with Crippen LogP contribution in [-0.2, 0) is 26.2 Å². The number of sulfonamides is 1.